The first kappa shape index (κ1) is 11.8. The predicted molar refractivity (Wildman–Crippen MR) is 58.6 cm³/mol. The molecule has 1 aromatic rings. The minimum atomic E-state index is -1.31. The van der Waals surface area contributed by atoms with Crippen LogP contribution >= 0.6 is 0 Å². The minimum Gasteiger partial charge on any atom is -0.505 e. The lowest BCUT2D eigenvalue weighted by molar-refractivity contribution is 0.0693. The number of hydrogen-bond donors (Lipinski definition) is 3. The Hall–Kier alpha value is -2.30. The van der Waals surface area contributed by atoms with E-state index in [1.54, 1.807) is 0 Å². The van der Waals surface area contributed by atoms with Gasteiger partial charge in [0, 0.05) is 5.56 Å². The number of phenols is 1. The van der Waals surface area contributed by atoms with E-state index in [-0.39, 0.29) is 22.4 Å². The molecule has 1 rings (SSSR count). The molecule has 0 radical (unpaired) electrons. The maximum absolute atomic E-state index is 11.6. The zero-order chi connectivity index (χ0) is 12.5. The van der Waals surface area contributed by atoms with Gasteiger partial charge in [0.15, 0.2) is 11.5 Å². The van der Waals surface area contributed by atoms with Crippen molar-refractivity contribution in [3.8, 4) is 5.75 Å². The number of hydrogen-bond acceptors (Lipinski definition) is 4. The van der Waals surface area contributed by atoms with Crippen molar-refractivity contribution in [2.45, 2.75) is 6.92 Å². The van der Waals surface area contributed by atoms with Gasteiger partial charge in [0.1, 0.15) is 5.56 Å². The van der Waals surface area contributed by atoms with E-state index >= 15 is 0 Å². The van der Waals surface area contributed by atoms with E-state index in [2.05, 4.69) is 6.58 Å². The van der Waals surface area contributed by atoms with Crippen LogP contribution in [-0.2, 0) is 0 Å². The number of ketones is 1. The largest absolute Gasteiger partial charge is 0.505 e. The van der Waals surface area contributed by atoms with Crippen molar-refractivity contribution < 1.29 is 19.8 Å². The van der Waals surface area contributed by atoms with E-state index in [9.17, 15) is 14.7 Å². The summed E-state index contributed by atoms with van der Waals surface area (Å²) in [5.41, 5.74) is 5.21. The van der Waals surface area contributed by atoms with Crippen LogP contribution in [0.4, 0.5) is 5.69 Å². The number of benzene rings is 1. The first-order chi connectivity index (χ1) is 7.36. The molecule has 16 heavy (non-hydrogen) atoms. The van der Waals surface area contributed by atoms with Crippen molar-refractivity contribution in [1.82, 2.24) is 0 Å². The Labute approximate surface area is 91.8 Å². The van der Waals surface area contributed by atoms with Gasteiger partial charge in [-0.05, 0) is 24.6 Å². The standard InChI is InChI=1S/C11H11NO4/c1-5(2)9(13)6-3-4-7(11(15)16)10(14)8(6)12/h3-4,14H,1,12H2,2H3,(H,15,16). The average molecular weight is 221 g/mol. The number of aromatic hydroxyl groups is 1. The molecule has 1 aromatic carbocycles. The molecule has 0 aliphatic carbocycles. The van der Waals surface area contributed by atoms with Crippen LogP contribution in [0.15, 0.2) is 24.3 Å². The van der Waals surface area contributed by atoms with Gasteiger partial charge in [0.2, 0.25) is 0 Å². The normalized spacial score (nSPS) is 9.81. The van der Waals surface area contributed by atoms with Crippen molar-refractivity contribution in [1.29, 1.82) is 0 Å². The molecule has 0 fully saturated rings. The fourth-order valence-corrected chi connectivity index (χ4v) is 1.21. The smallest absolute Gasteiger partial charge is 0.339 e. The monoisotopic (exact) mass is 221 g/mol. The van der Waals surface area contributed by atoms with Gasteiger partial charge in [-0.2, -0.15) is 0 Å². The number of Topliss-reactive ketones (excluding diaryl/α,β-unsaturated/α-hetero) is 1. The van der Waals surface area contributed by atoms with Crippen LogP contribution < -0.4 is 5.73 Å². The number of carboxylic acid groups (broad SMARTS) is 1. The van der Waals surface area contributed by atoms with Crippen LogP contribution in [0.1, 0.15) is 27.6 Å². The summed E-state index contributed by atoms with van der Waals surface area (Å²) in [5.74, 6) is -2.33. The first-order valence-corrected chi connectivity index (χ1v) is 4.41. The van der Waals surface area contributed by atoms with Crippen LogP contribution in [0.2, 0.25) is 0 Å². The van der Waals surface area contributed by atoms with Gasteiger partial charge in [-0.25, -0.2) is 4.79 Å². The second-order valence-electron chi connectivity index (χ2n) is 3.34. The number of aromatic carboxylic acids is 1. The van der Waals surface area contributed by atoms with Gasteiger partial charge >= 0.3 is 5.97 Å². The minimum absolute atomic E-state index is 0.0509. The molecule has 0 heterocycles. The lowest BCUT2D eigenvalue weighted by Crippen LogP contribution is -2.07. The van der Waals surface area contributed by atoms with Crippen LogP contribution in [0.25, 0.3) is 0 Å². The lowest BCUT2D eigenvalue weighted by atomic mass is 10.0. The van der Waals surface area contributed by atoms with Crippen molar-refractivity contribution in [2.75, 3.05) is 5.73 Å². The molecule has 0 unspecified atom stereocenters. The molecule has 0 aliphatic heterocycles. The van der Waals surface area contributed by atoms with Crippen LogP contribution in [0, 0.1) is 0 Å². The third-order valence-electron chi connectivity index (χ3n) is 2.08. The van der Waals surface area contributed by atoms with E-state index in [4.69, 9.17) is 10.8 Å². The highest BCUT2D eigenvalue weighted by Gasteiger charge is 2.18. The van der Waals surface area contributed by atoms with Gasteiger partial charge in [0.25, 0.3) is 0 Å². The van der Waals surface area contributed by atoms with Gasteiger partial charge < -0.3 is 15.9 Å². The number of carboxylic acids is 1. The molecule has 0 amide bonds. The number of nitrogens with two attached hydrogens (primary N) is 1. The highest BCUT2D eigenvalue weighted by atomic mass is 16.4. The number of carbonyl (C=O) groups excluding carboxylic acids is 1. The topological polar surface area (TPSA) is 101 Å². The Balaban J connectivity index is 3.38. The summed E-state index contributed by atoms with van der Waals surface area (Å²) in [6.45, 7) is 4.96. The molecule has 0 saturated carbocycles. The molecule has 4 N–H and O–H groups in total. The van der Waals surface area contributed by atoms with E-state index < -0.39 is 17.5 Å². The van der Waals surface area contributed by atoms with Crippen molar-refractivity contribution in [3.63, 3.8) is 0 Å². The summed E-state index contributed by atoms with van der Waals surface area (Å²) >= 11 is 0. The summed E-state index contributed by atoms with van der Waals surface area (Å²) in [5, 5.41) is 18.2. The fourth-order valence-electron chi connectivity index (χ4n) is 1.21. The summed E-state index contributed by atoms with van der Waals surface area (Å²) in [7, 11) is 0. The molecule has 5 nitrogen and oxygen atoms in total. The number of rotatable bonds is 3. The van der Waals surface area contributed by atoms with E-state index in [0.717, 1.165) is 6.07 Å². The van der Waals surface area contributed by atoms with Gasteiger partial charge in [0.05, 0.1) is 5.69 Å². The average Bonchev–Trinajstić information content (AvgIpc) is 2.20. The first-order valence-electron chi connectivity index (χ1n) is 4.41. The van der Waals surface area contributed by atoms with Crippen LogP contribution in [-0.4, -0.2) is 22.0 Å². The van der Waals surface area contributed by atoms with E-state index in [1.807, 2.05) is 0 Å². The van der Waals surface area contributed by atoms with Crippen LogP contribution in [0.3, 0.4) is 0 Å². The fraction of sp³-hybridized carbons (Fsp3) is 0.0909. The summed E-state index contributed by atoms with van der Waals surface area (Å²) < 4.78 is 0. The molecule has 5 heteroatoms. The van der Waals surface area contributed by atoms with Gasteiger partial charge in [-0.1, -0.05) is 6.58 Å². The number of nitrogen functional groups attached to an aromatic ring is 1. The van der Waals surface area contributed by atoms with Crippen LogP contribution in [0.5, 0.6) is 5.75 Å². The molecule has 0 spiro atoms. The summed E-state index contributed by atoms with van der Waals surface area (Å²) in [4.78, 5) is 22.2. The molecule has 84 valence electrons. The lowest BCUT2D eigenvalue weighted by Gasteiger charge is -2.08. The highest BCUT2D eigenvalue weighted by molar-refractivity contribution is 6.12. The Morgan fingerprint density at radius 2 is 1.81 bits per heavy atom. The zero-order valence-electron chi connectivity index (χ0n) is 8.65. The molecular weight excluding hydrogens is 210 g/mol. The SMILES string of the molecule is C=C(C)C(=O)c1ccc(C(=O)O)c(O)c1N. The molecule has 0 saturated heterocycles. The quantitative estimate of drug-likeness (QED) is 0.310. The molecule has 0 aliphatic rings. The second kappa shape index (κ2) is 4.06. The molecular formula is C11H11NO4. The zero-order valence-corrected chi connectivity index (χ0v) is 8.65. The Bertz CT molecular complexity index is 491. The number of allylic oxidation sites excluding steroid dienone is 1. The molecule has 0 atom stereocenters. The Morgan fingerprint density at radius 1 is 1.31 bits per heavy atom. The molecule has 0 bridgehead atoms. The Morgan fingerprint density at radius 3 is 2.25 bits per heavy atom. The maximum atomic E-state index is 11.6. The van der Waals surface area contributed by atoms with Crippen molar-refractivity contribution >= 4 is 17.4 Å². The summed E-state index contributed by atoms with van der Waals surface area (Å²) in [6, 6.07) is 2.39. The summed E-state index contributed by atoms with van der Waals surface area (Å²) in [6.07, 6.45) is 0. The van der Waals surface area contributed by atoms with Gasteiger partial charge in [-0.3, -0.25) is 4.79 Å². The Kier molecular flexibility index (Phi) is 2.99. The molecule has 0 aromatic heterocycles. The van der Waals surface area contributed by atoms with Gasteiger partial charge in [-0.15, -0.1) is 0 Å². The van der Waals surface area contributed by atoms with E-state index in [0.29, 0.717) is 0 Å². The highest BCUT2D eigenvalue weighted by Crippen LogP contribution is 2.29. The second-order valence-corrected chi connectivity index (χ2v) is 3.34. The predicted octanol–water partition coefficient (Wildman–Crippen LogP) is 1.43. The van der Waals surface area contributed by atoms with E-state index in [1.165, 1.54) is 13.0 Å². The number of anilines is 1. The van der Waals surface area contributed by atoms with Crippen molar-refractivity contribution in [3.05, 3.63) is 35.4 Å². The third-order valence-corrected chi connectivity index (χ3v) is 2.08. The number of carbonyl (C=O) groups is 2. The third kappa shape index (κ3) is 1.88. The van der Waals surface area contributed by atoms with Crippen molar-refractivity contribution in [2.24, 2.45) is 0 Å². The maximum Gasteiger partial charge on any atom is 0.339 e.